The first-order valence-corrected chi connectivity index (χ1v) is 10.4. The van der Waals surface area contributed by atoms with E-state index in [0.717, 1.165) is 11.4 Å². The van der Waals surface area contributed by atoms with Crippen LogP contribution in [0.4, 0.5) is 10.2 Å². The second-order valence-corrected chi connectivity index (χ2v) is 8.42. The number of rotatable bonds is 6. The first-order chi connectivity index (χ1) is 13.7. The molecule has 6 nitrogen and oxygen atoms in total. The molecule has 3 rings (SSSR count). The Morgan fingerprint density at radius 2 is 2.03 bits per heavy atom. The zero-order valence-electron chi connectivity index (χ0n) is 16.0. The van der Waals surface area contributed by atoms with Gasteiger partial charge in [-0.25, -0.2) is 4.39 Å². The number of carbonyl (C=O) groups excluding carboxylic acids is 1. The van der Waals surface area contributed by atoms with Gasteiger partial charge in [-0.15, -0.1) is 0 Å². The highest BCUT2D eigenvalue weighted by molar-refractivity contribution is 9.10. The second-order valence-electron chi connectivity index (χ2n) is 6.78. The van der Waals surface area contributed by atoms with E-state index in [2.05, 4.69) is 31.4 Å². The molecule has 0 aliphatic rings. The highest BCUT2D eigenvalue weighted by Gasteiger charge is 2.20. The van der Waals surface area contributed by atoms with Gasteiger partial charge in [-0.3, -0.25) is 14.2 Å². The van der Waals surface area contributed by atoms with Gasteiger partial charge in [-0.1, -0.05) is 36.2 Å². The average molecular weight is 503 g/mol. The van der Waals surface area contributed by atoms with Crippen LogP contribution in [0.25, 0.3) is 0 Å². The molecule has 0 aliphatic carbocycles. The largest absolute Gasteiger partial charge is 0.308 e. The van der Waals surface area contributed by atoms with Crippen LogP contribution in [0.3, 0.4) is 0 Å². The summed E-state index contributed by atoms with van der Waals surface area (Å²) in [5, 5.41) is 12.4. The molecule has 0 saturated heterocycles. The maximum atomic E-state index is 14.0. The maximum absolute atomic E-state index is 14.0. The number of hydrogen-bond donors (Lipinski definition) is 1. The Hall–Kier alpha value is -1.90. The molecule has 2 aromatic heterocycles. The molecule has 0 bridgehead atoms. The normalized spacial score (nSPS) is 12.2. The summed E-state index contributed by atoms with van der Waals surface area (Å²) in [5.41, 5.74) is 1.87. The summed E-state index contributed by atoms with van der Waals surface area (Å²) in [5.74, 6) is -0.654. The molecular formula is C19H19BrCl2FN5O. The van der Waals surface area contributed by atoms with Gasteiger partial charge in [0.05, 0.1) is 39.9 Å². The smallest absolute Gasteiger partial charge is 0.230 e. The summed E-state index contributed by atoms with van der Waals surface area (Å²) in [6, 6.07) is 4.51. The van der Waals surface area contributed by atoms with Gasteiger partial charge in [-0.2, -0.15) is 10.2 Å². The molecule has 1 aromatic carbocycles. The molecule has 0 spiro atoms. The summed E-state index contributed by atoms with van der Waals surface area (Å²) < 4.78 is 17.8. The highest BCUT2D eigenvalue weighted by Crippen LogP contribution is 2.25. The van der Waals surface area contributed by atoms with Crippen LogP contribution in [0.5, 0.6) is 0 Å². The predicted octanol–water partition coefficient (Wildman–Crippen LogP) is 5.23. The first-order valence-electron chi connectivity index (χ1n) is 8.83. The van der Waals surface area contributed by atoms with Crippen molar-refractivity contribution in [3.05, 3.63) is 61.7 Å². The van der Waals surface area contributed by atoms with Crippen molar-refractivity contribution < 1.29 is 9.18 Å². The zero-order chi connectivity index (χ0) is 21.3. The van der Waals surface area contributed by atoms with Crippen molar-refractivity contribution in [3.8, 4) is 0 Å². The lowest BCUT2D eigenvalue weighted by atomic mass is 10.1. The summed E-state index contributed by atoms with van der Waals surface area (Å²) in [7, 11) is 0. The lowest BCUT2D eigenvalue weighted by Crippen LogP contribution is -2.25. The number of nitrogens with one attached hydrogen (secondary N) is 1. The summed E-state index contributed by atoms with van der Waals surface area (Å²) in [4.78, 5) is 12.6. The van der Waals surface area contributed by atoms with Crippen LogP contribution < -0.4 is 5.32 Å². The third-order valence-electron chi connectivity index (χ3n) is 4.53. The minimum absolute atomic E-state index is 0.139. The van der Waals surface area contributed by atoms with Crippen molar-refractivity contribution in [2.75, 3.05) is 5.32 Å². The van der Waals surface area contributed by atoms with Gasteiger partial charge in [0.2, 0.25) is 5.91 Å². The van der Waals surface area contributed by atoms with Crippen molar-refractivity contribution in [3.63, 3.8) is 0 Å². The molecule has 3 aromatic rings. The van der Waals surface area contributed by atoms with Gasteiger partial charge in [0.15, 0.2) is 5.82 Å². The fraction of sp³-hybridized carbons (Fsp3) is 0.316. The highest BCUT2D eigenvalue weighted by atomic mass is 79.9. The molecule has 0 fully saturated rings. The Balaban J connectivity index is 1.70. The number of benzene rings is 1. The quantitative estimate of drug-likeness (QED) is 0.502. The fourth-order valence-corrected chi connectivity index (χ4v) is 3.62. The fourth-order valence-electron chi connectivity index (χ4n) is 2.84. The number of aromatic nitrogens is 4. The van der Waals surface area contributed by atoms with Crippen molar-refractivity contribution in [2.24, 2.45) is 5.92 Å². The van der Waals surface area contributed by atoms with Gasteiger partial charge >= 0.3 is 0 Å². The summed E-state index contributed by atoms with van der Waals surface area (Å²) >= 11 is 15.6. The molecular weight excluding hydrogens is 484 g/mol. The molecule has 0 saturated carbocycles. The van der Waals surface area contributed by atoms with E-state index in [1.165, 1.54) is 10.7 Å². The molecule has 0 radical (unpaired) electrons. The van der Waals surface area contributed by atoms with E-state index >= 15 is 0 Å². The monoisotopic (exact) mass is 501 g/mol. The van der Waals surface area contributed by atoms with E-state index in [9.17, 15) is 9.18 Å². The van der Waals surface area contributed by atoms with Gasteiger partial charge in [0.25, 0.3) is 0 Å². The van der Waals surface area contributed by atoms with Crippen LogP contribution in [0.1, 0.15) is 23.9 Å². The van der Waals surface area contributed by atoms with Crippen LogP contribution in [0.2, 0.25) is 10.0 Å². The van der Waals surface area contributed by atoms with Crippen molar-refractivity contribution in [1.82, 2.24) is 19.6 Å². The van der Waals surface area contributed by atoms with Crippen molar-refractivity contribution >= 4 is 50.9 Å². The molecule has 1 amide bonds. The molecule has 1 N–H and O–H groups in total. The molecule has 2 heterocycles. The lowest BCUT2D eigenvalue weighted by molar-refractivity contribution is -0.119. The van der Waals surface area contributed by atoms with Crippen LogP contribution in [-0.4, -0.2) is 25.5 Å². The topological polar surface area (TPSA) is 64.7 Å². The minimum atomic E-state index is -0.410. The van der Waals surface area contributed by atoms with Gasteiger partial charge in [-0.05, 0) is 41.9 Å². The van der Waals surface area contributed by atoms with Crippen LogP contribution in [0.15, 0.2) is 28.9 Å². The Morgan fingerprint density at radius 1 is 1.31 bits per heavy atom. The van der Waals surface area contributed by atoms with Crippen LogP contribution in [-0.2, 0) is 17.9 Å². The zero-order valence-corrected chi connectivity index (χ0v) is 19.1. The maximum Gasteiger partial charge on any atom is 0.230 e. The van der Waals surface area contributed by atoms with Crippen molar-refractivity contribution in [1.29, 1.82) is 0 Å². The van der Waals surface area contributed by atoms with E-state index in [1.54, 1.807) is 29.9 Å². The number of halogens is 4. The number of nitrogens with zero attached hydrogens (tertiary/aromatic N) is 4. The SMILES string of the molecule is Cc1nn(CC(C)C(=O)Nc2nn(Cc3c(F)cccc3Cl)cc2Br)c(C)c1Cl. The van der Waals surface area contributed by atoms with E-state index in [0.29, 0.717) is 32.4 Å². The van der Waals surface area contributed by atoms with Gasteiger partial charge < -0.3 is 5.32 Å². The number of carbonyl (C=O) groups is 1. The van der Waals surface area contributed by atoms with Crippen LogP contribution in [0, 0.1) is 25.6 Å². The Kier molecular flexibility index (Phi) is 6.65. The molecule has 29 heavy (non-hydrogen) atoms. The number of hydrogen-bond acceptors (Lipinski definition) is 3. The standard InChI is InChI=1S/C19H19BrCl2FN5O/c1-10(7-28-12(3)17(22)11(2)25-28)19(29)24-18-14(20)9-27(26-18)8-13-15(21)5-4-6-16(13)23/h4-6,9-10H,7-8H2,1-3H3,(H,24,26,29). The number of aryl methyl sites for hydroxylation is 1. The van der Waals surface area contributed by atoms with E-state index < -0.39 is 5.82 Å². The Bertz CT molecular complexity index is 1050. The molecule has 1 atom stereocenters. The van der Waals surface area contributed by atoms with Crippen LogP contribution >= 0.6 is 39.1 Å². The predicted molar refractivity (Wildman–Crippen MR) is 115 cm³/mol. The van der Waals surface area contributed by atoms with Crippen molar-refractivity contribution in [2.45, 2.75) is 33.9 Å². The Morgan fingerprint density at radius 3 is 2.66 bits per heavy atom. The van der Waals surface area contributed by atoms with Gasteiger partial charge in [0.1, 0.15) is 5.82 Å². The number of anilines is 1. The summed E-state index contributed by atoms with van der Waals surface area (Å²) in [6.45, 7) is 6.00. The summed E-state index contributed by atoms with van der Waals surface area (Å²) in [6.07, 6.45) is 1.66. The molecule has 10 heteroatoms. The minimum Gasteiger partial charge on any atom is -0.308 e. The number of amides is 1. The van der Waals surface area contributed by atoms with E-state index in [1.807, 2.05) is 13.8 Å². The average Bonchev–Trinajstić information content (AvgIpc) is 3.12. The first kappa shape index (κ1) is 21.8. The molecule has 154 valence electrons. The Labute approximate surface area is 186 Å². The third-order valence-corrected chi connectivity index (χ3v) is 6.01. The third kappa shape index (κ3) is 4.82. The second kappa shape index (κ2) is 8.85. The molecule has 0 aliphatic heterocycles. The van der Waals surface area contributed by atoms with E-state index in [-0.39, 0.29) is 18.4 Å². The van der Waals surface area contributed by atoms with Gasteiger partial charge in [0, 0.05) is 16.8 Å². The molecule has 1 unspecified atom stereocenters. The van der Waals surface area contributed by atoms with E-state index in [4.69, 9.17) is 23.2 Å². The lowest BCUT2D eigenvalue weighted by Gasteiger charge is -2.12.